The number of imide groups is 2. The summed E-state index contributed by atoms with van der Waals surface area (Å²) in [5.41, 5.74) is 0. The lowest BCUT2D eigenvalue weighted by molar-refractivity contribution is -0.142. The lowest BCUT2D eigenvalue weighted by Gasteiger charge is -2.15. The van der Waals surface area contributed by atoms with Gasteiger partial charge in [-0.25, -0.2) is 4.79 Å². The van der Waals surface area contributed by atoms with Gasteiger partial charge in [0.05, 0.1) is 0 Å². The van der Waals surface area contributed by atoms with Crippen molar-refractivity contribution in [1.29, 1.82) is 0 Å². The number of amides is 4. The number of carbonyl (C=O) groups excluding carboxylic acids is 3. The quantitative estimate of drug-likeness (QED) is 0.484. The van der Waals surface area contributed by atoms with E-state index in [2.05, 4.69) is 0 Å². The topological polar surface area (TPSA) is 60.9 Å². The van der Waals surface area contributed by atoms with Gasteiger partial charge in [0, 0.05) is 20.1 Å². The van der Waals surface area contributed by atoms with Crippen LogP contribution in [0.1, 0.15) is 0 Å². The Bertz CT molecular complexity index is 293. The largest absolute Gasteiger partial charge is 0.333 e. The summed E-state index contributed by atoms with van der Waals surface area (Å²) in [6.07, 6.45) is 0. The molecule has 0 aromatic rings. The fourth-order valence-electron chi connectivity index (χ4n) is 1.11. The third kappa shape index (κ3) is 2.66. The van der Waals surface area contributed by atoms with Crippen molar-refractivity contribution in [3.63, 3.8) is 0 Å². The number of rotatable bonds is 3. The first kappa shape index (κ1) is 13.9. The minimum absolute atomic E-state index is 0. The number of likely N-dealkylation sites (N-methyl/N-ethyl adjacent to an activating group) is 2. The Morgan fingerprint density at radius 3 is 2.00 bits per heavy atom. The first-order valence-corrected chi connectivity index (χ1v) is 4.23. The lowest BCUT2D eigenvalue weighted by atomic mass is 10.5. The molecule has 0 saturated carbocycles. The standard InChI is InChI=1S/C8H13N3O3.ClH/c1-9(2)4-5-11-7(13)6(12)10(3)8(11)14;/h4-5H2,1-3H3;1H. The maximum atomic E-state index is 11.3. The van der Waals surface area contributed by atoms with Crippen LogP contribution in [-0.2, 0) is 9.59 Å². The van der Waals surface area contributed by atoms with E-state index in [9.17, 15) is 14.4 Å². The molecule has 0 unspecified atom stereocenters. The molecule has 0 spiro atoms. The second-order valence-electron chi connectivity index (χ2n) is 3.41. The van der Waals surface area contributed by atoms with Crippen LogP contribution < -0.4 is 0 Å². The van der Waals surface area contributed by atoms with E-state index in [1.54, 1.807) is 0 Å². The molecule has 0 aromatic heterocycles. The zero-order valence-electron chi connectivity index (χ0n) is 8.89. The molecule has 7 heteroatoms. The van der Waals surface area contributed by atoms with Crippen LogP contribution in [0.2, 0.25) is 0 Å². The number of hydrogen-bond acceptors (Lipinski definition) is 4. The molecular formula is C8H14ClN3O3. The highest BCUT2D eigenvalue weighted by atomic mass is 35.5. The maximum Gasteiger partial charge on any atom is 0.333 e. The third-order valence-corrected chi connectivity index (χ3v) is 2.02. The van der Waals surface area contributed by atoms with E-state index in [4.69, 9.17) is 0 Å². The number of carbonyl (C=O) groups is 3. The van der Waals surface area contributed by atoms with E-state index < -0.39 is 17.8 Å². The van der Waals surface area contributed by atoms with Gasteiger partial charge in [0.2, 0.25) is 0 Å². The van der Waals surface area contributed by atoms with Gasteiger partial charge in [-0.2, -0.15) is 0 Å². The molecule has 86 valence electrons. The number of halogens is 1. The molecule has 15 heavy (non-hydrogen) atoms. The van der Waals surface area contributed by atoms with E-state index in [0.717, 1.165) is 9.80 Å². The van der Waals surface area contributed by atoms with Gasteiger partial charge in [-0.3, -0.25) is 19.4 Å². The Kier molecular flexibility index (Phi) is 4.70. The molecule has 4 amide bonds. The fourth-order valence-corrected chi connectivity index (χ4v) is 1.11. The van der Waals surface area contributed by atoms with Crippen LogP contribution >= 0.6 is 12.4 Å². The van der Waals surface area contributed by atoms with Gasteiger partial charge in [0.1, 0.15) is 0 Å². The molecule has 1 rings (SSSR count). The van der Waals surface area contributed by atoms with Crippen molar-refractivity contribution in [1.82, 2.24) is 14.7 Å². The van der Waals surface area contributed by atoms with E-state index in [0.29, 0.717) is 6.54 Å². The monoisotopic (exact) mass is 235 g/mol. The van der Waals surface area contributed by atoms with Crippen molar-refractivity contribution in [2.75, 3.05) is 34.2 Å². The Hall–Kier alpha value is -1.14. The highest BCUT2D eigenvalue weighted by Gasteiger charge is 2.41. The van der Waals surface area contributed by atoms with Gasteiger partial charge in [0.25, 0.3) is 0 Å². The Balaban J connectivity index is 0.00000196. The van der Waals surface area contributed by atoms with Crippen molar-refractivity contribution in [2.45, 2.75) is 0 Å². The highest BCUT2D eigenvalue weighted by Crippen LogP contribution is 2.08. The van der Waals surface area contributed by atoms with Crippen LogP contribution in [-0.4, -0.2) is 66.8 Å². The summed E-state index contributed by atoms with van der Waals surface area (Å²) >= 11 is 0. The summed E-state index contributed by atoms with van der Waals surface area (Å²) in [4.78, 5) is 37.3. The Morgan fingerprint density at radius 1 is 1.13 bits per heavy atom. The SMILES string of the molecule is CN(C)CCN1C(=O)C(=O)N(C)C1=O.Cl. The predicted molar refractivity (Wildman–Crippen MR) is 55.7 cm³/mol. The smallest absolute Gasteiger partial charge is 0.308 e. The van der Waals surface area contributed by atoms with Gasteiger partial charge in [-0.1, -0.05) is 0 Å². The molecule has 1 aliphatic rings. The molecule has 6 nitrogen and oxygen atoms in total. The third-order valence-electron chi connectivity index (χ3n) is 2.02. The first-order chi connectivity index (χ1) is 6.45. The maximum absolute atomic E-state index is 11.3. The molecular weight excluding hydrogens is 222 g/mol. The summed E-state index contributed by atoms with van der Waals surface area (Å²) in [5, 5.41) is 0. The molecule has 1 fully saturated rings. The van der Waals surface area contributed by atoms with Gasteiger partial charge < -0.3 is 4.90 Å². The second kappa shape index (κ2) is 5.09. The van der Waals surface area contributed by atoms with Crippen LogP contribution in [0.3, 0.4) is 0 Å². The van der Waals surface area contributed by atoms with Gasteiger partial charge in [-0.15, -0.1) is 12.4 Å². The van der Waals surface area contributed by atoms with Crippen molar-refractivity contribution in [2.24, 2.45) is 0 Å². The van der Waals surface area contributed by atoms with E-state index in [1.165, 1.54) is 7.05 Å². The summed E-state index contributed by atoms with van der Waals surface area (Å²) in [6.45, 7) is 0.805. The first-order valence-electron chi connectivity index (χ1n) is 4.23. The Labute approximate surface area is 94.2 Å². The van der Waals surface area contributed by atoms with Crippen molar-refractivity contribution in [3.05, 3.63) is 0 Å². The normalized spacial score (nSPS) is 16.4. The summed E-state index contributed by atoms with van der Waals surface area (Å²) < 4.78 is 0. The van der Waals surface area contributed by atoms with Gasteiger partial charge in [-0.05, 0) is 14.1 Å². The molecule has 0 aromatic carbocycles. The molecule has 0 radical (unpaired) electrons. The van der Waals surface area contributed by atoms with Crippen LogP contribution in [0.25, 0.3) is 0 Å². The van der Waals surface area contributed by atoms with E-state index in [1.807, 2.05) is 19.0 Å². The van der Waals surface area contributed by atoms with E-state index >= 15 is 0 Å². The Morgan fingerprint density at radius 2 is 1.67 bits per heavy atom. The van der Waals surface area contributed by atoms with E-state index in [-0.39, 0.29) is 19.0 Å². The number of nitrogens with zero attached hydrogens (tertiary/aromatic N) is 3. The average molecular weight is 236 g/mol. The predicted octanol–water partition coefficient (Wildman–Crippen LogP) is -0.610. The van der Waals surface area contributed by atoms with Crippen LogP contribution in [0.4, 0.5) is 4.79 Å². The molecule has 1 saturated heterocycles. The second-order valence-corrected chi connectivity index (χ2v) is 3.41. The van der Waals surface area contributed by atoms with Crippen LogP contribution in [0.15, 0.2) is 0 Å². The molecule has 0 aliphatic carbocycles. The van der Waals surface area contributed by atoms with Crippen molar-refractivity contribution in [3.8, 4) is 0 Å². The molecule has 0 atom stereocenters. The van der Waals surface area contributed by atoms with Gasteiger partial charge in [0.15, 0.2) is 0 Å². The number of urea groups is 1. The van der Waals surface area contributed by atoms with Crippen molar-refractivity contribution < 1.29 is 14.4 Å². The summed E-state index contributed by atoms with van der Waals surface area (Å²) in [6, 6.07) is -0.540. The molecule has 1 aliphatic heterocycles. The van der Waals surface area contributed by atoms with Crippen molar-refractivity contribution >= 4 is 30.3 Å². The minimum atomic E-state index is -0.756. The fraction of sp³-hybridized carbons (Fsp3) is 0.625. The zero-order valence-corrected chi connectivity index (χ0v) is 9.71. The summed E-state index contributed by atoms with van der Waals surface area (Å²) in [5.74, 6) is -1.49. The average Bonchev–Trinajstić information content (AvgIpc) is 2.29. The lowest BCUT2D eigenvalue weighted by Crippen LogP contribution is -2.37. The summed E-state index contributed by atoms with van der Waals surface area (Å²) in [7, 11) is 4.96. The van der Waals surface area contributed by atoms with Crippen LogP contribution in [0.5, 0.6) is 0 Å². The molecule has 0 bridgehead atoms. The zero-order chi connectivity index (χ0) is 10.9. The molecule has 1 heterocycles. The highest BCUT2D eigenvalue weighted by molar-refractivity contribution is 6.44. The minimum Gasteiger partial charge on any atom is -0.308 e. The molecule has 0 N–H and O–H groups in total. The number of hydrogen-bond donors (Lipinski definition) is 0. The van der Waals surface area contributed by atoms with Crippen LogP contribution in [0, 0.1) is 0 Å². The van der Waals surface area contributed by atoms with Gasteiger partial charge >= 0.3 is 17.8 Å².